The molecule has 3 aliphatic rings. The Kier molecular flexibility index (Phi) is 6.62. The molecule has 2 fully saturated rings. The SMILES string of the molecule is CC(C)(C)CC1NC(C(=O)NC2CCC(=O)C2)C(c2cccc(Cl)c2F)C12C(=O)Nc1cc(Cl)ccc12. The van der Waals surface area contributed by atoms with Crippen molar-refractivity contribution in [3.63, 3.8) is 0 Å². The lowest BCUT2D eigenvalue weighted by Crippen LogP contribution is -2.49. The molecule has 0 radical (unpaired) electrons. The number of carbonyl (C=O) groups excluding carboxylic acids is 3. The molecule has 5 atom stereocenters. The van der Waals surface area contributed by atoms with Gasteiger partial charge in [0, 0.05) is 41.6 Å². The highest BCUT2D eigenvalue weighted by Crippen LogP contribution is 2.57. The predicted octanol–water partition coefficient (Wildman–Crippen LogP) is 5.12. The van der Waals surface area contributed by atoms with Gasteiger partial charge in [0.1, 0.15) is 17.0 Å². The lowest BCUT2D eigenvalue weighted by atomic mass is 9.62. The van der Waals surface area contributed by atoms with Gasteiger partial charge in [-0.25, -0.2) is 4.39 Å². The van der Waals surface area contributed by atoms with E-state index >= 15 is 4.39 Å². The molecule has 1 saturated carbocycles. The van der Waals surface area contributed by atoms with Gasteiger partial charge < -0.3 is 16.0 Å². The first-order valence-corrected chi connectivity index (χ1v) is 13.3. The predicted molar refractivity (Wildman–Crippen MR) is 141 cm³/mol. The van der Waals surface area contributed by atoms with Crippen LogP contribution >= 0.6 is 23.2 Å². The van der Waals surface area contributed by atoms with Crippen LogP contribution in [-0.2, 0) is 19.8 Å². The summed E-state index contributed by atoms with van der Waals surface area (Å²) >= 11 is 12.5. The van der Waals surface area contributed by atoms with Crippen LogP contribution in [0.1, 0.15) is 63.5 Å². The number of halogens is 3. The molecule has 2 aliphatic heterocycles. The van der Waals surface area contributed by atoms with E-state index in [2.05, 4.69) is 36.7 Å². The monoisotopic (exact) mass is 545 g/mol. The molecule has 196 valence electrons. The van der Waals surface area contributed by atoms with Gasteiger partial charge in [-0.3, -0.25) is 14.4 Å². The molecule has 0 bridgehead atoms. The fraction of sp³-hybridized carbons (Fsp3) is 0.464. The van der Waals surface area contributed by atoms with E-state index < -0.39 is 29.2 Å². The van der Waals surface area contributed by atoms with Crippen LogP contribution in [0.2, 0.25) is 10.0 Å². The number of fused-ring (bicyclic) bond motifs is 2. The first-order chi connectivity index (χ1) is 17.4. The Morgan fingerprint density at radius 1 is 1.19 bits per heavy atom. The van der Waals surface area contributed by atoms with Gasteiger partial charge >= 0.3 is 0 Å². The number of hydrogen-bond acceptors (Lipinski definition) is 4. The van der Waals surface area contributed by atoms with E-state index in [0.29, 0.717) is 35.5 Å². The van der Waals surface area contributed by atoms with Gasteiger partial charge in [0.2, 0.25) is 11.8 Å². The number of nitrogens with one attached hydrogen (secondary N) is 3. The molecule has 1 aliphatic carbocycles. The number of amides is 2. The van der Waals surface area contributed by atoms with E-state index in [1.165, 1.54) is 6.07 Å². The van der Waals surface area contributed by atoms with Crippen molar-refractivity contribution in [2.24, 2.45) is 5.41 Å². The first kappa shape index (κ1) is 26.1. The standard InChI is InChI=1S/C28H30Cl2FN3O3/c1-27(2,3)13-21-28(18-10-7-14(29)11-20(18)33-26(28)37)22(17-5-4-6-19(30)23(17)31)24(34-21)25(36)32-15-8-9-16(35)12-15/h4-7,10-11,15,21-22,24,34H,8-9,12-13H2,1-3H3,(H,32,36)(H,33,37). The van der Waals surface area contributed by atoms with Crippen molar-refractivity contribution in [2.45, 2.75) is 75.9 Å². The Labute approximate surface area is 225 Å². The molecule has 5 rings (SSSR count). The smallest absolute Gasteiger partial charge is 0.238 e. The summed E-state index contributed by atoms with van der Waals surface area (Å²) in [6.07, 6.45) is 1.79. The number of anilines is 1. The second kappa shape index (κ2) is 9.37. The van der Waals surface area contributed by atoms with Gasteiger partial charge in [0.25, 0.3) is 0 Å². The lowest BCUT2D eigenvalue weighted by Gasteiger charge is -2.37. The lowest BCUT2D eigenvalue weighted by molar-refractivity contribution is -0.124. The number of carbonyl (C=O) groups is 3. The number of ketones is 1. The minimum atomic E-state index is -1.30. The van der Waals surface area contributed by atoms with Gasteiger partial charge in [-0.2, -0.15) is 0 Å². The van der Waals surface area contributed by atoms with Crippen molar-refractivity contribution < 1.29 is 18.8 Å². The quantitative estimate of drug-likeness (QED) is 0.497. The largest absolute Gasteiger partial charge is 0.352 e. The highest BCUT2D eigenvalue weighted by atomic mass is 35.5. The van der Waals surface area contributed by atoms with Crippen molar-refractivity contribution in [3.05, 3.63) is 63.4 Å². The molecule has 1 spiro atoms. The second-order valence-electron chi connectivity index (χ2n) is 11.6. The molecule has 3 N–H and O–H groups in total. The van der Waals surface area contributed by atoms with E-state index in [1.54, 1.807) is 30.3 Å². The Hall–Kier alpha value is -2.48. The van der Waals surface area contributed by atoms with Crippen LogP contribution in [0.5, 0.6) is 0 Å². The van der Waals surface area contributed by atoms with Crippen molar-refractivity contribution >= 4 is 46.5 Å². The molecule has 5 unspecified atom stereocenters. The molecule has 2 aromatic rings. The fourth-order valence-electron chi connectivity index (χ4n) is 6.38. The molecule has 2 heterocycles. The number of benzene rings is 2. The van der Waals surface area contributed by atoms with Gasteiger partial charge in [0.05, 0.1) is 11.1 Å². The zero-order valence-electron chi connectivity index (χ0n) is 21.0. The summed E-state index contributed by atoms with van der Waals surface area (Å²) in [5, 5.41) is 9.78. The third-order valence-corrected chi connectivity index (χ3v) is 8.34. The summed E-state index contributed by atoms with van der Waals surface area (Å²) in [7, 11) is 0. The maximum Gasteiger partial charge on any atom is 0.238 e. The maximum atomic E-state index is 15.7. The van der Waals surface area contributed by atoms with E-state index in [4.69, 9.17) is 23.2 Å². The zero-order chi connectivity index (χ0) is 26.7. The van der Waals surface area contributed by atoms with Crippen molar-refractivity contribution in [1.82, 2.24) is 10.6 Å². The average molecular weight is 546 g/mol. The Bertz CT molecular complexity index is 1290. The number of rotatable bonds is 4. The van der Waals surface area contributed by atoms with Crippen LogP contribution in [0.25, 0.3) is 0 Å². The van der Waals surface area contributed by atoms with Crippen molar-refractivity contribution in [2.75, 3.05) is 5.32 Å². The third kappa shape index (κ3) is 4.45. The molecular weight excluding hydrogens is 516 g/mol. The Morgan fingerprint density at radius 3 is 2.62 bits per heavy atom. The summed E-state index contributed by atoms with van der Waals surface area (Å²) in [4.78, 5) is 39.7. The van der Waals surface area contributed by atoms with E-state index in [9.17, 15) is 14.4 Å². The fourth-order valence-corrected chi connectivity index (χ4v) is 6.73. The van der Waals surface area contributed by atoms with E-state index in [0.717, 1.165) is 0 Å². The van der Waals surface area contributed by atoms with Gasteiger partial charge in [-0.1, -0.05) is 62.2 Å². The molecule has 1 saturated heterocycles. The molecule has 2 aromatic carbocycles. The van der Waals surface area contributed by atoms with Crippen molar-refractivity contribution in [3.8, 4) is 0 Å². The van der Waals surface area contributed by atoms with Crippen LogP contribution < -0.4 is 16.0 Å². The van der Waals surface area contributed by atoms with Crippen molar-refractivity contribution in [1.29, 1.82) is 0 Å². The summed E-state index contributed by atoms with van der Waals surface area (Å²) in [6.45, 7) is 6.18. The summed E-state index contributed by atoms with van der Waals surface area (Å²) in [5.41, 5.74) is -0.114. The van der Waals surface area contributed by atoms with Gasteiger partial charge in [-0.05, 0) is 47.6 Å². The van der Waals surface area contributed by atoms with Crippen LogP contribution in [0.15, 0.2) is 36.4 Å². The highest BCUT2D eigenvalue weighted by molar-refractivity contribution is 6.31. The molecule has 2 amide bonds. The van der Waals surface area contributed by atoms with Crippen LogP contribution in [-0.4, -0.2) is 35.7 Å². The first-order valence-electron chi connectivity index (χ1n) is 12.6. The van der Waals surface area contributed by atoms with E-state index in [-0.39, 0.29) is 46.1 Å². The van der Waals surface area contributed by atoms with Crippen LogP contribution in [0, 0.1) is 11.2 Å². The molecular formula is C28H30Cl2FN3O3. The van der Waals surface area contributed by atoms with E-state index in [1.807, 2.05) is 0 Å². The number of Topliss-reactive ketones (excluding diaryl/α,β-unsaturated/α-hetero) is 1. The molecule has 37 heavy (non-hydrogen) atoms. The van der Waals surface area contributed by atoms with Crippen LogP contribution in [0.3, 0.4) is 0 Å². The van der Waals surface area contributed by atoms with Gasteiger partial charge in [0.15, 0.2) is 0 Å². The van der Waals surface area contributed by atoms with Crippen LogP contribution in [0.4, 0.5) is 10.1 Å². The molecule has 0 aromatic heterocycles. The highest BCUT2D eigenvalue weighted by Gasteiger charge is 2.66. The summed E-state index contributed by atoms with van der Waals surface area (Å²) < 4.78 is 15.7. The minimum Gasteiger partial charge on any atom is -0.352 e. The average Bonchev–Trinajstić information content (AvgIpc) is 3.44. The minimum absolute atomic E-state index is 0.0813. The Balaban J connectivity index is 1.70. The molecule has 6 nitrogen and oxygen atoms in total. The van der Waals surface area contributed by atoms with Gasteiger partial charge in [-0.15, -0.1) is 0 Å². The zero-order valence-corrected chi connectivity index (χ0v) is 22.5. The maximum absolute atomic E-state index is 15.7. The third-order valence-electron chi connectivity index (χ3n) is 7.81. The normalized spacial score (nSPS) is 29.0. The number of hydrogen-bond donors (Lipinski definition) is 3. The summed E-state index contributed by atoms with van der Waals surface area (Å²) in [5.74, 6) is -2.14. The molecule has 9 heteroatoms. The topological polar surface area (TPSA) is 87.3 Å². The summed E-state index contributed by atoms with van der Waals surface area (Å²) in [6, 6.07) is 8.12. The second-order valence-corrected chi connectivity index (χ2v) is 12.4. The Morgan fingerprint density at radius 2 is 1.95 bits per heavy atom.